The average molecular weight is 377 g/mol. The van der Waals surface area contributed by atoms with E-state index in [1.165, 1.54) is 69.8 Å². The van der Waals surface area contributed by atoms with Gasteiger partial charge in [-0.1, -0.05) is 72.8 Å². The summed E-state index contributed by atoms with van der Waals surface area (Å²) in [6.45, 7) is 2.35. The Hall–Kier alpha value is -0.300. The van der Waals surface area contributed by atoms with E-state index < -0.39 is 0 Å². The lowest BCUT2D eigenvalue weighted by molar-refractivity contribution is 0.156. The van der Waals surface area contributed by atoms with Crippen LogP contribution in [0.2, 0.25) is 0 Å². The van der Waals surface area contributed by atoms with Crippen molar-refractivity contribution in [1.29, 1.82) is 0 Å². The SMILES string of the molecule is CCCC1CCC(C2CCC(c3ccc(CBr)cc3)CC2)CC1. The van der Waals surface area contributed by atoms with Gasteiger partial charge in [-0.05, 0) is 73.3 Å². The number of halogens is 1. The summed E-state index contributed by atoms with van der Waals surface area (Å²) >= 11 is 3.54. The smallest absolute Gasteiger partial charge is 0.0283 e. The minimum Gasteiger partial charge on any atom is -0.0876 e. The van der Waals surface area contributed by atoms with Crippen LogP contribution in [0.15, 0.2) is 24.3 Å². The zero-order valence-corrected chi connectivity index (χ0v) is 16.4. The van der Waals surface area contributed by atoms with Crippen molar-refractivity contribution < 1.29 is 0 Å². The molecule has 0 aromatic heterocycles. The quantitative estimate of drug-likeness (QED) is 0.467. The van der Waals surface area contributed by atoms with Crippen molar-refractivity contribution in [2.45, 2.75) is 82.4 Å². The molecule has 0 bridgehead atoms. The zero-order valence-electron chi connectivity index (χ0n) is 14.8. The van der Waals surface area contributed by atoms with Crippen molar-refractivity contribution in [3.05, 3.63) is 35.4 Å². The molecule has 0 amide bonds. The first-order valence-corrected chi connectivity index (χ1v) is 11.1. The molecule has 128 valence electrons. The molecule has 23 heavy (non-hydrogen) atoms. The summed E-state index contributed by atoms with van der Waals surface area (Å²) in [5.41, 5.74) is 2.98. The van der Waals surface area contributed by atoms with Gasteiger partial charge in [0.1, 0.15) is 0 Å². The van der Waals surface area contributed by atoms with Gasteiger partial charge in [0.2, 0.25) is 0 Å². The average Bonchev–Trinajstić information content (AvgIpc) is 2.63. The zero-order chi connectivity index (χ0) is 16.1. The first-order chi connectivity index (χ1) is 11.3. The highest BCUT2D eigenvalue weighted by Gasteiger charge is 2.30. The number of hydrogen-bond donors (Lipinski definition) is 0. The highest BCUT2D eigenvalue weighted by Crippen LogP contribution is 2.44. The molecule has 2 aliphatic rings. The van der Waals surface area contributed by atoms with E-state index in [1.54, 1.807) is 5.56 Å². The van der Waals surface area contributed by atoms with E-state index in [0.717, 1.165) is 29.0 Å². The fourth-order valence-corrected chi connectivity index (χ4v) is 5.53. The van der Waals surface area contributed by atoms with E-state index >= 15 is 0 Å². The van der Waals surface area contributed by atoms with Crippen molar-refractivity contribution >= 4 is 15.9 Å². The fraction of sp³-hybridized carbons (Fsp3) is 0.727. The first kappa shape index (κ1) is 17.5. The Morgan fingerprint density at radius 3 is 1.91 bits per heavy atom. The van der Waals surface area contributed by atoms with E-state index in [2.05, 4.69) is 47.1 Å². The largest absolute Gasteiger partial charge is 0.0876 e. The third-order valence-corrected chi connectivity index (χ3v) is 7.28. The van der Waals surface area contributed by atoms with Crippen LogP contribution in [0.5, 0.6) is 0 Å². The first-order valence-electron chi connectivity index (χ1n) is 9.95. The monoisotopic (exact) mass is 376 g/mol. The van der Waals surface area contributed by atoms with Crippen LogP contribution < -0.4 is 0 Å². The molecule has 0 heterocycles. The van der Waals surface area contributed by atoms with Crippen molar-refractivity contribution in [1.82, 2.24) is 0 Å². The Kier molecular flexibility index (Phi) is 6.62. The topological polar surface area (TPSA) is 0 Å². The van der Waals surface area contributed by atoms with Crippen LogP contribution in [0.4, 0.5) is 0 Å². The van der Waals surface area contributed by atoms with Crippen molar-refractivity contribution in [2.75, 3.05) is 0 Å². The lowest BCUT2D eigenvalue weighted by Crippen LogP contribution is -2.25. The Bertz CT molecular complexity index is 447. The molecule has 1 heteroatoms. The molecule has 0 atom stereocenters. The van der Waals surface area contributed by atoms with Gasteiger partial charge >= 0.3 is 0 Å². The van der Waals surface area contributed by atoms with Crippen molar-refractivity contribution in [2.24, 2.45) is 17.8 Å². The standard InChI is InChI=1S/C22H33Br/c1-2-3-17-4-8-19(9-5-17)21-12-14-22(15-13-21)20-10-6-18(16-23)7-11-20/h6-7,10-11,17,19,21-22H,2-5,8-9,12-16H2,1H3. The van der Waals surface area contributed by atoms with Gasteiger partial charge in [-0.15, -0.1) is 0 Å². The molecule has 0 saturated heterocycles. The minimum atomic E-state index is 0.826. The van der Waals surface area contributed by atoms with Gasteiger partial charge in [-0.3, -0.25) is 0 Å². The molecular formula is C22H33Br. The van der Waals surface area contributed by atoms with E-state index in [-0.39, 0.29) is 0 Å². The fourth-order valence-electron chi connectivity index (χ4n) is 5.16. The maximum absolute atomic E-state index is 3.54. The second-order valence-electron chi connectivity index (χ2n) is 8.06. The molecule has 2 fully saturated rings. The molecule has 0 unspecified atom stereocenters. The van der Waals surface area contributed by atoms with E-state index in [9.17, 15) is 0 Å². The summed E-state index contributed by atoms with van der Waals surface area (Å²) in [7, 11) is 0. The number of benzene rings is 1. The third-order valence-electron chi connectivity index (χ3n) is 6.63. The van der Waals surface area contributed by atoms with Crippen molar-refractivity contribution in [3.8, 4) is 0 Å². The molecule has 1 aromatic carbocycles. The summed E-state index contributed by atoms with van der Waals surface area (Å²) in [6, 6.07) is 9.34. The predicted molar refractivity (Wildman–Crippen MR) is 104 cm³/mol. The predicted octanol–water partition coefficient (Wildman–Crippen LogP) is 7.46. The maximum Gasteiger partial charge on any atom is 0.0283 e. The third kappa shape index (κ3) is 4.62. The number of hydrogen-bond acceptors (Lipinski definition) is 0. The van der Waals surface area contributed by atoms with E-state index in [4.69, 9.17) is 0 Å². The molecular weight excluding hydrogens is 344 g/mol. The van der Waals surface area contributed by atoms with Gasteiger partial charge in [-0.25, -0.2) is 0 Å². The van der Waals surface area contributed by atoms with Gasteiger partial charge in [0, 0.05) is 5.33 Å². The molecule has 1 aromatic rings. The van der Waals surface area contributed by atoms with Gasteiger partial charge in [0.15, 0.2) is 0 Å². The second-order valence-corrected chi connectivity index (χ2v) is 8.62. The maximum atomic E-state index is 3.54. The highest BCUT2D eigenvalue weighted by molar-refractivity contribution is 9.08. The normalized spacial score (nSPS) is 31.9. The highest BCUT2D eigenvalue weighted by atomic mass is 79.9. The van der Waals surface area contributed by atoms with Gasteiger partial charge in [0.05, 0.1) is 0 Å². The van der Waals surface area contributed by atoms with Crippen LogP contribution in [-0.2, 0) is 5.33 Å². The minimum absolute atomic E-state index is 0.826. The van der Waals surface area contributed by atoms with E-state index in [1.807, 2.05) is 0 Å². The lowest BCUT2D eigenvalue weighted by Gasteiger charge is -2.38. The molecule has 0 nitrogen and oxygen atoms in total. The molecule has 0 spiro atoms. The lowest BCUT2D eigenvalue weighted by atomic mass is 9.68. The van der Waals surface area contributed by atoms with Crippen LogP contribution in [0.1, 0.15) is 88.2 Å². The molecule has 2 aliphatic carbocycles. The van der Waals surface area contributed by atoms with E-state index in [0.29, 0.717) is 0 Å². The van der Waals surface area contributed by atoms with Gasteiger partial charge in [-0.2, -0.15) is 0 Å². The van der Waals surface area contributed by atoms with Crippen LogP contribution in [0.25, 0.3) is 0 Å². The van der Waals surface area contributed by atoms with Crippen LogP contribution in [0, 0.1) is 17.8 Å². The summed E-state index contributed by atoms with van der Waals surface area (Å²) in [4.78, 5) is 0. The number of alkyl halides is 1. The molecule has 0 aliphatic heterocycles. The molecule has 3 rings (SSSR count). The van der Waals surface area contributed by atoms with Crippen LogP contribution in [-0.4, -0.2) is 0 Å². The second kappa shape index (κ2) is 8.70. The summed E-state index contributed by atoms with van der Waals surface area (Å²) in [5, 5.41) is 0.973. The van der Waals surface area contributed by atoms with Gasteiger partial charge in [0.25, 0.3) is 0 Å². The van der Waals surface area contributed by atoms with Crippen molar-refractivity contribution in [3.63, 3.8) is 0 Å². The molecule has 0 radical (unpaired) electrons. The van der Waals surface area contributed by atoms with Gasteiger partial charge < -0.3 is 0 Å². The Morgan fingerprint density at radius 2 is 1.39 bits per heavy atom. The molecule has 2 saturated carbocycles. The van der Waals surface area contributed by atoms with Crippen LogP contribution in [0.3, 0.4) is 0 Å². The summed E-state index contributed by atoms with van der Waals surface area (Å²) < 4.78 is 0. The summed E-state index contributed by atoms with van der Waals surface area (Å²) in [5.74, 6) is 3.98. The Balaban J connectivity index is 1.46. The summed E-state index contributed by atoms with van der Waals surface area (Å²) in [6.07, 6.45) is 14.8. The molecule has 0 N–H and O–H groups in total. The Morgan fingerprint density at radius 1 is 0.826 bits per heavy atom. The Labute approximate surface area is 151 Å². The van der Waals surface area contributed by atoms with Crippen LogP contribution >= 0.6 is 15.9 Å². The number of rotatable bonds is 5.